The van der Waals surface area contributed by atoms with E-state index in [2.05, 4.69) is 40.3 Å². The molecule has 0 bridgehead atoms. The Morgan fingerprint density at radius 2 is 2.22 bits per heavy atom. The van der Waals surface area contributed by atoms with Gasteiger partial charge in [0.1, 0.15) is 0 Å². The molecular weight excluding hydrogens is 290 g/mol. The van der Waals surface area contributed by atoms with Gasteiger partial charge >= 0.3 is 0 Å². The quantitative estimate of drug-likeness (QED) is 0.892. The van der Waals surface area contributed by atoms with Crippen LogP contribution in [0.25, 0.3) is 0 Å². The predicted octanol–water partition coefficient (Wildman–Crippen LogP) is 3.48. The lowest BCUT2D eigenvalue weighted by atomic mass is 9.79. The predicted molar refractivity (Wildman–Crippen MR) is 78.4 cm³/mol. The third kappa shape index (κ3) is 3.81. The fourth-order valence-corrected chi connectivity index (χ4v) is 3.29. The molecule has 1 aliphatic rings. The first kappa shape index (κ1) is 14.0. The average molecular weight is 312 g/mol. The Kier molecular flexibility index (Phi) is 4.82. The van der Waals surface area contributed by atoms with E-state index >= 15 is 0 Å². The second-order valence-electron chi connectivity index (χ2n) is 5.62. The number of hydrogen-bond acceptors (Lipinski definition) is 2. The lowest BCUT2D eigenvalue weighted by molar-refractivity contribution is -0.0119. The summed E-state index contributed by atoms with van der Waals surface area (Å²) in [7, 11) is 0. The van der Waals surface area contributed by atoms with Crippen LogP contribution in [0.15, 0.2) is 28.7 Å². The standard InChI is InChI=1S/C15H22BrNO/c1-12-5-4-8-15(18,9-12)11-17-10-13-6-2-3-7-14(13)16/h2-3,6-7,12,17-18H,4-5,8-11H2,1H3. The van der Waals surface area contributed by atoms with Gasteiger partial charge in [-0.25, -0.2) is 0 Å². The zero-order chi connectivity index (χ0) is 13.0. The molecule has 0 spiro atoms. The number of rotatable bonds is 4. The summed E-state index contributed by atoms with van der Waals surface area (Å²) in [5, 5.41) is 13.9. The molecule has 2 nitrogen and oxygen atoms in total. The van der Waals surface area contributed by atoms with Gasteiger partial charge in [-0.15, -0.1) is 0 Å². The molecule has 100 valence electrons. The second kappa shape index (κ2) is 6.18. The molecule has 0 saturated heterocycles. The van der Waals surface area contributed by atoms with Gasteiger partial charge in [-0.3, -0.25) is 0 Å². The smallest absolute Gasteiger partial charge is 0.0774 e. The van der Waals surface area contributed by atoms with Gasteiger partial charge in [0.05, 0.1) is 5.60 Å². The number of hydrogen-bond donors (Lipinski definition) is 2. The van der Waals surface area contributed by atoms with Crippen LogP contribution in [0.3, 0.4) is 0 Å². The van der Waals surface area contributed by atoms with Gasteiger partial charge in [-0.2, -0.15) is 0 Å². The van der Waals surface area contributed by atoms with Gasteiger partial charge in [-0.1, -0.05) is 53.9 Å². The molecule has 2 N–H and O–H groups in total. The molecule has 2 unspecified atom stereocenters. The Labute approximate surface area is 118 Å². The maximum atomic E-state index is 10.5. The molecule has 2 rings (SSSR count). The van der Waals surface area contributed by atoms with Crippen LogP contribution in [-0.4, -0.2) is 17.3 Å². The fraction of sp³-hybridized carbons (Fsp3) is 0.600. The number of benzene rings is 1. The summed E-state index contributed by atoms with van der Waals surface area (Å²) >= 11 is 3.54. The molecule has 3 heteroatoms. The molecule has 0 aromatic heterocycles. The van der Waals surface area contributed by atoms with E-state index in [0.29, 0.717) is 12.5 Å². The summed E-state index contributed by atoms with van der Waals surface area (Å²) in [6.07, 6.45) is 4.26. The summed E-state index contributed by atoms with van der Waals surface area (Å²) in [6.45, 7) is 3.73. The van der Waals surface area contributed by atoms with Gasteiger partial charge < -0.3 is 10.4 Å². The topological polar surface area (TPSA) is 32.3 Å². The molecule has 0 radical (unpaired) electrons. The third-order valence-electron chi connectivity index (χ3n) is 3.79. The van der Waals surface area contributed by atoms with Gasteiger partial charge in [0.25, 0.3) is 0 Å². The molecule has 0 aliphatic heterocycles. The minimum atomic E-state index is -0.501. The molecule has 0 amide bonds. The van der Waals surface area contributed by atoms with E-state index in [9.17, 15) is 5.11 Å². The maximum absolute atomic E-state index is 10.5. The molecule has 1 saturated carbocycles. The van der Waals surface area contributed by atoms with Gasteiger partial charge in [-0.05, 0) is 30.4 Å². The largest absolute Gasteiger partial charge is 0.389 e. The van der Waals surface area contributed by atoms with Crippen molar-refractivity contribution in [3.63, 3.8) is 0 Å². The third-order valence-corrected chi connectivity index (χ3v) is 4.57. The van der Waals surface area contributed by atoms with E-state index in [-0.39, 0.29) is 0 Å². The number of aliphatic hydroxyl groups is 1. The van der Waals surface area contributed by atoms with Crippen molar-refractivity contribution in [2.45, 2.75) is 44.8 Å². The van der Waals surface area contributed by atoms with Crippen molar-refractivity contribution < 1.29 is 5.11 Å². The van der Waals surface area contributed by atoms with Crippen molar-refractivity contribution >= 4 is 15.9 Å². The van der Waals surface area contributed by atoms with Crippen LogP contribution in [0.2, 0.25) is 0 Å². The molecule has 2 atom stereocenters. The number of halogens is 1. The van der Waals surface area contributed by atoms with Crippen molar-refractivity contribution in [2.75, 3.05) is 6.54 Å². The highest BCUT2D eigenvalue weighted by atomic mass is 79.9. The van der Waals surface area contributed by atoms with E-state index in [1.165, 1.54) is 12.0 Å². The molecular formula is C15H22BrNO. The van der Waals surface area contributed by atoms with Gasteiger partial charge in [0.15, 0.2) is 0 Å². The lowest BCUT2D eigenvalue weighted by Crippen LogP contribution is -2.43. The van der Waals surface area contributed by atoms with Crippen LogP contribution in [0, 0.1) is 5.92 Å². The summed E-state index contributed by atoms with van der Waals surface area (Å²) in [6, 6.07) is 8.21. The second-order valence-corrected chi connectivity index (χ2v) is 6.48. The van der Waals surface area contributed by atoms with Gasteiger partial charge in [0.2, 0.25) is 0 Å². The Hall–Kier alpha value is -0.380. The van der Waals surface area contributed by atoms with Gasteiger partial charge in [0, 0.05) is 17.6 Å². The van der Waals surface area contributed by atoms with Crippen molar-refractivity contribution in [2.24, 2.45) is 5.92 Å². The van der Waals surface area contributed by atoms with E-state index in [1.54, 1.807) is 0 Å². The highest BCUT2D eigenvalue weighted by Crippen LogP contribution is 2.31. The first-order valence-electron chi connectivity index (χ1n) is 6.76. The summed E-state index contributed by atoms with van der Waals surface area (Å²) in [5.41, 5.74) is 0.740. The lowest BCUT2D eigenvalue weighted by Gasteiger charge is -2.35. The first-order chi connectivity index (χ1) is 8.59. The molecule has 1 fully saturated rings. The minimum absolute atomic E-state index is 0.501. The van der Waals surface area contributed by atoms with Crippen LogP contribution in [0.1, 0.15) is 38.2 Å². The fourth-order valence-electron chi connectivity index (χ4n) is 2.86. The van der Waals surface area contributed by atoms with E-state index in [4.69, 9.17) is 0 Å². The van der Waals surface area contributed by atoms with Crippen LogP contribution in [-0.2, 0) is 6.54 Å². The van der Waals surface area contributed by atoms with E-state index < -0.39 is 5.60 Å². The molecule has 0 heterocycles. The monoisotopic (exact) mass is 311 g/mol. The molecule has 1 aromatic carbocycles. The SMILES string of the molecule is CC1CCCC(O)(CNCc2ccccc2Br)C1. The van der Waals surface area contributed by atoms with Crippen LogP contribution < -0.4 is 5.32 Å². The summed E-state index contributed by atoms with van der Waals surface area (Å²) < 4.78 is 1.13. The minimum Gasteiger partial charge on any atom is -0.389 e. The average Bonchev–Trinajstić information content (AvgIpc) is 2.31. The normalized spacial score (nSPS) is 28.3. The Morgan fingerprint density at radius 3 is 2.94 bits per heavy atom. The van der Waals surface area contributed by atoms with Crippen molar-refractivity contribution in [3.05, 3.63) is 34.3 Å². The molecule has 18 heavy (non-hydrogen) atoms. The maximum Gasteiger partial charge on any atom is 0.0774 e. The Morgan fingerprint density at radius 1 is 1.44 bits per heavy atom. The zero-order valence-electron chi connectivity index (χ0n) is 11.0. The highest BCUT2D eigenvalue weighted by molar-refractivity contribution is 9.10. The zero-order valence-corrected chi connectivity index (χ0v) is 12.5. The van der Waals surface area contributed by atoms with Crippen LogP contribution >= 0.6 is 15.9 Å². The van der Waals surface area contributed by atoms with Crippen LogP contribution in [0.4, 0.5) is 0 Å². The molecule has 1 aromatic rings. The van der Waals surface area contributed by atoms with Crippen LogP contribution in [0.5, 0.6) is 0 Å². The summed E-state index contributed by atoms with van der Waals surface area (Å²) in [5.74, 6) is 0.647. The van der Waals surface area contributed by atoms with Crippen molar-refractivity contribution in [3.8, 4) is 0 Å². The molecule has 1 aliphatic carbocycles. The van der Waals surface area contributed by atoms with Crippen molar-refractivity contribution in [1.82, 2.24) is 5.32 Å². The number of nitrogens with one attached hydrogen (secondary N) is 1. The first-order valence-corrected chi connectivity index (χ1v) is 7.55. The Bertz CT molecular complexity index is 396. The highest BCUT2D eigenvalue weighted by Gasteiger charge is 2.31. The van der Waals surface area contributed by atoms with E-state index in [1.807, 2.05) is 12.1 Å². The van der Waals surface area contributed by atoms with Crippen molar-refractivity contribution in [1.29, 1.82) is 0 Å². The Balaban J connectivity index is 1.83. The van der Waals surface area contributed by atoms with E-state index in [0.717, 1.165) is 30.3 Å². The summed E-state index contributed by atoms with van der Waals surface area (Å²) in [4.78, 5) is 0.